The largest absolute Gasteiger partial charge is 0.326 e. The van der Waals surface area contributed by atoms with Crippen LogP contribution in [0.15, 0.2) is 192 Å². The second kappa shape index (κ2) is 18.7. The molecule has 4 heteroatoms. The molecule has 0 saturated carbocycles. The molecule has 0 bridgehead atoms. The van der Waals surface area contributed by atoms with Crippen molar-refractivity contribution < 1.29 is 0 Å². The Labute approximate surface area is 339 Å². The lowest BCUT2D eigenvalue weighted by molar-refractivity contribution is 1.02. The molecule has 1 aliphatic carbocycles. The summed E-state index contributed by atoms with van der Waals surface area (Å²) < 4.78 is 2.48. The number of hydrogen-bond acceptors (Lipinski definition) is 4. The van der Waals surface area contributed by atoms with Crippen LogP contribution in [0, 0.1) is 5.41 Å². The summed E-state index contributed by atoms with van der Waals surface area (Å²) in [4.78, 5) is 1.28. The summed E-state index contributed by atoms with van der Waals surface area (Å²) in [6, 6.07) is 57.7. The van der Waals surface area contributed by atoms with Crippen LogP contribution in [0.5, 0.6) is 0 Å². The van der Waals surface area contributed by atoms with Crippen LogP contribution in [0.1, 0.15) is 30.9 Å². The van der Waals surface area contributed by atoms with Gasteiger partial charge in [-0.3, -0.25) is 0 Å². The monoisotopic (exact) mass is 762 g/mol. The van der Waals surface area contributed by atoms with Crippen molar-refractivity contribution >= 4 is 49.5 Å². The predicted octanol–water partition coefficient (Wildman–Crippen LogP) is 14.9. The predicted molar refractivity (Wildman–Crippen MR) is 247 cm³/mol. The van der Waals surface area contributed by atoms with Gasteiger partial charge in [0.1, 0.15) is 0 Å². The summed E-state index contributed by atoms with van der Waals surface area (Å²) in [5.41, 5.74) is 18.6. The average molecular weight is 763 g/mol. The Balaban J connectivity index is 0.000000267. The van der Waals surface area contributed by atoms with Crippen LogP contribution < -0.4 is 5.73 Å². The van der Waals surface area contributed by atoms with Crippen molar-refractivity contribution in [3.8, 4) is 44.5 Å². The number of thiophene rings is 1. The van der Waals surface area contributed by atoms with E-state index in [-0.39, 0.29) is 0 Å². The van der Waals surface area contributed by atoms with E-state index in [4.69, 9.17) is 11.1 Å². The number of thioether (sulfide) groups is 1. The van der Waals surface area contributed by atoms with Crippen LogP contribution >= 0.6 is 23.1 Å². The van der Waals surface area contributed by atoms with E-state index in [0.29, 0.717) is 6.54 Å². The number of fused-ring (bicyclic) bond motifs is 3. The topological polar surface area (TPSA) is 49.9 Å². The number of allylic oxidation sites excluding steroid dienone is 4. The molecule has 9 rings (SSSR count). The van der Waals surface area contributed by atoms with Gasteiger partial charge in [-0.25, -0.2) is 0 Å². The summed E-state index contributed by atoms with van der Waals surface area (Å²) in [6.07, 6.45) is 12.7. The molecule has 0 amide bonds. The molecular formula is C52H46N2S2. The van der Waals surface area contributed by atoms with Gasteiger partial charge in [-0.05, 0) is 88.7 Å². The van der Waals surface area contributed by atoms with Crippen LogP contribution in [0.3, 0.4) is 0 Å². The highest BCUT2D eigenvalue weighted by atomic mass is 32.2. The molecule has 0 saturated heterocycles. The Kier molecular flexibility index (Phi) is 12.9. The minimum absolute atomic E-state index is 0.640. The summed E-state index contributed by atoms with van der Waals surface area (Å²) in [5, 5.41) is 10.7. The van der Waals surface area contributed by atoms with Crippen molar-refractivity contribution in [1.29, 1.82) is 5.41 Å². The molecular weight excluding hydrogens is 717 g/mol. The SMILES string of the molecule is CC1=CCCC=C1.CSc1ccccc1-c1ccc(-c2ccc(C=N)c3c2sc2c(-c4ccccc4)cc(-c4ccccc4)cc23)cc1.NCc1ccccc1. The molecule has 1 aromatic heterocycles. The third-order valence-electron chi connectivity index (χ3n) is 9.97. The van der Waals surface area contributed by atoms with E-state index in [1.807, 2.05) is 41.7 Å². The third kappa shape index (κ3) is 8.85. The molecule has 3 N–H and O–H groups in total. The van der Waals surface area contributed by atoms with Crippen LogP contribution in [-0.2, 0) is 6.54 Å². The number of rotatable bonds is 7. The average Bonchev–Trinajstić information content (AvgIpc) is 3.67. The first-order chi connectivity index (χ1) is 27.6. The minimum atomic E-state index is 0.640. The van der Waals surface area contributed by atoms with E-state index in [0.717, 1.165) is 10.9 Å². The van der Waals surface area contributed by atoms with Gasteiger partial charge in [0.15, 0.2) is 0 Å². The quantitative estimate of drug-likeness (QED) is 0.125. The molecule has 0 aliphatic heterocycles. The lowest BCUT2D eigenvalue weighted by Crippen LogP contribution is -1.94. The normalized spacial score (nSPS) is 11.9. The van der Waals surface area contributed by atoms with Gasteiger partial charge in [-0.1, -0.05) is 169 Å². The maximum atomic E-state index is 8.29. The molecule has 0 unspecified atom stereocenters. The molecule has 1 heterocycles. The van der Waals surface area contributed by atoms with E-state index >= 15 is 0 Å². The molecule has 0 atom stereocenters. The first kappa shape index (κ1) is 38.5. The Bertz CT molecular complexity index is 2600. The van der Waals surface area contributed by atoms with Crippen molar-refractivity contribution in [1.82, 2.24) is 0 Å². The Morgan fingerprint density at radius 1 is 0.607 bits per heavy atom. The second-order valence-electron chi connectivity index (χ2n) is 13.7. The highest BCUT2D eigenvalue weighted by Gasteiger charge is 2.18. The maximum absolute atomic E-state index is 8.29. The number of nitrogens with two attached hydrogens (primary N) is 1. The summed E-state index contributed by atoms with van der Waals surface area (Å²) in [6.45, 7) is 2.77. The third-order valence-corrected chi connectivity index (χ3v) is 12.0. The molecule has 0 radical (unpaired) electrons. The van der Waals surface area contributed by atoms with Crippen LogP contribution in [-0.4, -0.2) is 12.5 Å². The van der Waals surface area contributed by atoms with E-state index in [1.54, 1.807) is 11.8 Å². The number of benzene rings is 7. The standard InChI is InChI=1S/C38H27NS2.C7H9N.C7H10/c1-40-35-15-9-8-14-31(35)27-16-18-28(19-17-27)32-21-20-29(24-39)36-34-23-30(25-10-4-2-5-11-25)22-33(37(34)41-38(32)36)26-12-6-3-7-13-26;8-6-7-4-2-1-3-5-7;1-7-5-3-2-4-6-7/h2-24,39H,1H3;1-5H,6,8H2;3,5-6H,2,4H2,1H3. The zero-order valence-corrected chi connectivity index (χ0v) is 33.5. The fraction of sp³-hybridized carbons (Fsp3) is 0.0962. The van der Waals surface area contributed by atoms with Crippen LogP contribution in [0.2, 0.25) is 0 Å². The molecule has 1 aliphatic rings. The Hall–Kier alpha value is -5.78. The fourth-order valence-electron chi connectivity index (χ4n) is 7.06. The Morgan fingerprint density at radius 3 is 1.79 bits per heavy atom. The lowest BCUT2D eigenvalue weighted by Gasteiger charge is -2.10. The van der Waals surface area contributed by atoms with E-state index in [2.05, 4.69) is 165 Å². The van der Waals surface area contributed by atoms with E-state index in [1.165, 1.54) is 94.4 Å². The van der Waals surface area contributed by atoms with Gasteiger partial charge < -0.3 is 11.1 Å². The van der Waals surface area contributed by atoms with Gasteiger partial charge in [-0.2, -0.15) is 0 Å². The molecule has 276 valence electrons. The zero-order valence-electron chi connectivity index (χ0n) is 31.9. The highest BCUT2D eigenvalue weighted by molar-refractivity contribution is 7.98. The first-order valence-electron chi connectivity index (χ1n) is 19.0. The molecule has 8 aromatic rings. The lowest BCUT2D eigenvalue weighted by atomic mass is 9.93. The smallest absolute Gasteiger partial charge is 0.0440 e. The van der Waals surface area contributed by atoms with Crippen LogP contribution in [0.4, 0.5) is 0 Å². The van der Waals surface area contributed by atoms with Crippen molar-refractivity contribution in [3.05, 3.63) is 199 Å². The maximum Gasteiger partial charge on any atom is 0.0440 e. The van der Waals surface area contributed by atoms with E-state index in [9.17, 15) is 0 Å². The van der Waals surface area contributed by atoms with Gasteiger partial charge in [0.05, 0.1) is 0 Å². The van der Waals surface area contributed by atoms with Crippen molar-refractivity contribution in [2.24, 2.45) is 5.73 Å². The second-order valence-corrected chi connectivity index (χ2v) is 15.5. The van der Waals surface area contributed by atoms with Gasteiger partial charge in [0.2, 0.25) is 0 Å². The van der Waals surface area contributed by atoms with Gasteiger partial charge in [0, 0.05) is 49.0 Å². The Morgan fingerprint density at radius 2 is 1.21 bits per heavy atom. The molecule has 0 fully saturated rings. The fourth-order valence-corrected chi connectivity index (χ4v) is 9.06. The molecule has 2 nitrogen and oxygen atoms in total. The van der Waals surface area contributed by atoms with Crippen molar-refractivity contribution in [3.63, 3.8) is 0 Å². The molecule has 7 aromatic carbocycles. The molecule has 56 heavy (non-hydrogen) atoms. The summed E-state index contributed by atoms with van der Waals surface area (Å²) in [5.74, 6) is 0. The van der Waals surface area contributed by atoms with Gasteiger partial charge in [-0.15, -0.1) is 23.1 Å². The van der Waals surface area contributed by atoms with Gasteiger partial charge >= 0.3 is 0 Å². The van der Waals surface area contributed by atoms with E-state index < -0.39 is 0 Å². The van der Waals surface area contributed by atoms with Crippen molar-refractivity contribution in [2.75, 3.05) is 6.26 Å². The first-order valence-corrected chi connectivity index (χ1v) is 21.1. The van der Waals surface area contributed by atoms with Crippen molar-refractivity contribution in [2.45, 2.75) is 31.2 Å². The summed E-state index contributed by atoms with van der Waals surface area (Å²) >= 11 is 3.62. The molecule has 0 spiro atoms. The number of hydrogen-bond donors (Lipinski definition) is 2. The zero-order chi connectivity index (χ0) is 38.7. The summed E-state index contributed by atoms with van der Waals surface area (Å²) in [7, 11) is 0. The minimum Gasteiger partial charge on any atom is -0.326 e. The number of nitrogens with one attached hydrogen (secondary N) is 1. The van der Waals surface area contributed by atoms with Gasteiger partial charge in [0.25, 0.3) is 0 Å². The van der Waals surface area contributed by atoms with Crippen LogP contribution in [0.25, 0.3) is 64.7 Å². The highest BCUT2D eigenvalue weighted by Crippen LogP contribution is 2.47.